The van der Waals surface area contributed by atoms with E-state index in [4.69, 9.17) is 14.8 Å². The van der Waals surface area contributed by atoms with Crippen LogP contribution in [-0.4, -0.2) is 23.2 Å². The van der Waals surface area contributed by atoms with Crippen molar-refractivity contribution in [2.45, 2.75) is 65.0 Å². The molecule has 5 nitrogen and oxygen atoms in total. The number of nitrogens with one attached hydrogen (secondary N) is 1. The molecule has 5 heteroatoms. The second-order valence-electron chi connectivity index (χ2n) is 9.22. The van der Waals surface area contributed by atoms with E-state index in [1.54, 1.807) is 7.11 Å². The van der Waals surface area contributed by atoms with Crippen LogP contribution in [0.25, 0.3) is 11.1 Å². The highest BCUT2D eigenvalue weighted by atomic mass is 16.5. The fourth-order valence-electron chi connectivity index (χ4n) is 4.71. The number of benzene rings is 2. The fourth-order valence-corrected chi connectivity index (χ4v) is 4.71. The predicted octanol–water partition coefficient (Wildman–Crippen LogP) is 5.81. The summed E-state index contributed by atoms with van der Waals surface area (Å²) in [7, 11) is 1.69. The Labute approximate surface area is 202 Å². The van der Waals surface area contributed by atoms with Crippen LogP contribution in [0.15, 0.2) is 48.5 Å². The van der Waals surface area contributed by atoms with Gasteiger partial charge in [-0.05, 0) is 97.5 Å². The Bertz CT molecular complexity index is 1170. The van der Waals surface area contributed by atoms with Crippen molar-refractivity contribution in [3.63, 3.8) is 0 Å². The highest BCUT2D eigenvalue weighted by Gasteiger charge is 2.20. The third kappa shape index (κ3) is 5.65. The van der Waals surface area contributed by atoms with Gasteiger partial charge in [-0.2, -0.15) is 0 Å². The first kappa shape index (κ1) is 24.0. The van der Waals surface area contributed by atoms with Gasteiger partial charge in [-0.15, -0.1) is 0 Å². The van der Waals surface area contributed by atoms with E-state index in [9.17, 15) is 4.79 Å². The van der Waals surface area contributed by atoms with Gasteiger partial charge >= 0.3 is 5.97 Å². The molecule has 0 fully saturated rings. The lowest BCUT2D eigenvalue weighted by atomic mass is 9.87. The summed E-state index contributed by atoms with van der Waals surface area (Å²) in [6.07, 6.45) is 5.11. The first-order valence-electron chi connectivity index (χ1n) is 12.2. The number of carboxylic acid groups (broad SMARTS) is 1. The maximum absolute atomic E-state index is 11.1. The quantitative estimate of drug-likeness (QED) is 0.423. The molecule has 1 heterocycles. The minimum atomic E-state index is -0.760. The van der Waals surface area contributed by atoms with Gasteiger partial charge in [0.2, 0.25) is 0 Å². The van der Waals surface area contributed by atoms with Crippen LogP contribution in [0, 0.1) is 6.92 Å². The summed E-state index contributed by atoms with van der Waals surface area (Å²) in [6, 6.07) is 16.9. The number of aliphatic carboxylic acids is 1. The SMILES string of the molecule is COc1cccc(CNC(C)c2cc(-c3ccc(C)c(CCC(=O)O)c3)c3c(n2)CCCC3)c1. The molecule has 0 bridgehead atoms. The molecule has 1 aliphatic carbocycles. The van der Waals surface area contributed by atoms with Crippen LogP contribution in [0.1, 0.15) is 65.9 Å². The third-order valence-corrected chi connectivity index (χ3v) is 6.78. The molecule has 1 atom stereocenters. The van der Waals surface area contributed by atoms with Gasteiger partial charge in [-0.3, -0.25) is 9.78 Å². The molecular weight excluding hydrogens is 424 g/mol. The number of hydrogen-bond acceptors (Lipinski definition) is 4. The molecule has 2 N–H and O–H groups in total. The van der Waals surface area contributed by atoms with Crippen molar-refractivity contribution in [2.75, 3.05) is 7.11 Å². The van der Waals surface area contributed by atoms with Gasteiger partial charge in [-0.25, -0.2) is 0 Å². The van der Waals surface area contributed by atoms with E-state index in [2.05, 4.69) is 55.6 Å². The molecule has 0 saturated heterocycles. The molecule has 0 saturated carbocycles. The lowest BCUT2D eigenvalue weighted by Gasteiger charge is -2.23. The van der Waals surface area contributed by atoms with E-state index in [0.717, 1.165) is 47.5 Å². The molecule has 2 aromatic carbocycles. The van der Waals surface area contributed by atoms with Gasteiger partial charge in [0.1, 0.15) is 5.75 Å². The molecule has 1 aliphatic rings. The topological polar surface area (TPSA) is 71.5 Å². The number of pyridine rings is 1. The molecule has 4 rings (SSSR count). The second-order valence-corrected chi connectivity index (χ2v) is 9.22. The molecule has 0 radical (unpaired) electrons. The van der Waals surface area contributed by atoms with Gasteiger partial charge in [0.25, 0.3) is 0 Å². The summed E-state index contributed by atoms with van der Waals surface area (Å²) in [6.45, 7) is 4.95. The number of aromatic nitrogens is 1. The Kier molecular flexibility index (Phi) is 7.63. The monoisotopic (exact) mass is 458 g/mol. The normalized spacial score (nSPS) is 13.9. The highest BCUT2D eigenvalue weighted by Crippen LogP contribution is 2.34. The number of rotatable bonds is 9. The molecule has 3 aromatic rings. The third-order valence-electron chi connectivity index (χ3n) is 6.78. The summed E-state index contributed by atoms with van der Waals surface area (Å²) in [5.74, 6) is 0.100. The maximum Gasteiger partial charge on any atom is 0.303 e. The number of methoxy groups -OCH3 is 1. The lowest BCUT2D eigenvalue weighted by molar-refractivity contribution is -0.136. The van der Waals surface area contributed by atoms with E-state index >= 15 is 0 Å². The number of carbonyl (C=O) groups is 1. The number of ether oxygens (including phenoxy) is 1. The average Bonchev–Trinajstić information content (AvgIpc) is 2.86. The Balaban J connectivity index is 1.63. The molecule has 34 heavy (non-hydrogen) atoms. The largest absolute Gasteiger partial charge is 0.497 e. The van der Waals surface area contributed by atoms with Crippen molar-refractivity contribution in [2.24, 2.45) is 0 Å². The zero-order valence-corrected chi connectivity index (χ0v) is 20.4. The van der Waals surface area contributed by atoms with Crippen molar-refractivity contribution < 1.29 is 14.6 Å². The molecule has 0 aliphatic heterocycles. The van der Waals surface area contributed by atoms with E-state index in [1.165, 1.54) is 35.2 Å². The zero-order valence-electron chi connectivity index (χ0n) is 20.4. The molecule has 0 amide bonds. The minimum absolute atomic E-state index is 0.0918. The van der Waals surface area contributed by atoms with Crippen LogP contribution in [0.4, 0.5) is 0 Å². The summed E-state index contributed by atoms with van der Waals surface area (Å²) in [4.78, 5) is 16.2. The fraction of sp³-hybridized carbons (Fsp3) is 0.379. The van der Waals surface area contributed by atoms with Crippen LogP contribution in [0.2, 0.25) is 0 Å². The highest BCUT2D eigenvalue weighted by molar-refractivity contribution is 5.71. The van der Waals surface area contributed by atoms with Crippen LogP contribution >= 0.6 is 0 Å². The first-order valence-corrected chi connectivity index (χ1v) is 12.2. The Morgan fingerprint density at radius 2 is 1.97 bits per heavy atom. The number of hydrogen-bond donors (Lipinski definition) is 2. The van der Waals surface area contributed by atoms with Gasteiger partial charge < -0.3 is 15.2 Å². The molecule has 1 unspecified atom stereocenters. The second kappa shape index (κ2) is 10.8. The number of aryl methyl sites for hydroxylation is 3. The lowest BCUT2D eigenvalue weighted by Crippen LogP contribution is -2.21. The van der Waals surface area contributed by atoms with Crippen LogP contribution < -0.4 is 10.1 Å². The Hall–Kier alpha value is -3.18. The van der Waals surface area contributed by atoms with E-state index in [-0.39, 0.29) is 12.5 Å². The van der Waals surface area contributed by atoms with Crippen molar-refractivity contribution in [1.82, 2.24) is 10.3 Å². The van der Waals surface area contributed by atoms with Gasteiger partial charge in [0.05, 0.1) is 12.8 Å². The molecule has 0 spiro atoms. The van der Waals surface area contributed by atoms with E-state index in [1.807, 2.05) is 12.1 Å². The molecule has 178 valence electrons. The van der Waals surface area contributed by atoms with Crippen molar-refractivity contribution in [3.05, 3.63) is 82.2 Å². The van der Waals surface area contributed by atoms with Gasteiger partial charge in [0.15, 0.2) is 0 Å². The van der Waals surface area contributed by atoms with Crippen molar-refractivity contribution in [1.29, 1.82) is 0 Å². The average molecular weight is 459 g/mol. The summed E-state index contributed by atoms with van der Waals surface area (Å²) >= 11 is 0. The van der Waals surface area contributed by atoms with E-state index in [0.29, 0.717) is 6.42 Å². The van der Waals surface area contributed by atoms with Gasteiger partial charge in [0, 0.05) is 24.7 Å². The predicted molar refractivity (Wildman–Crippen MR) is 135 cm³/mol. The molecular formula is C29H34N2O3. The van der Waals surface area contributed by atoms with Crippen LogP contribution in [-0.2, 0) is 30.6 Å². The number of carboxylic acids is 1. The van der Waals surface area contributed by atoms with Crippen LogP contribution in [0.3, 0.4) is 0 Å². The minimum Gasteiger partial charge on any atom is -0.497 e. The van der Waals surface area contributed by atoms with E-state index < -0.39 is 5.97 Å². The summed E-state index contributed by atoms with van der Waals surface area (Å²) < 4.78 is 5.35. The summed E-state index contributed by atoms with van der Waals surface area (Å²) in [5.41, 5.74) is 9.43. The Morgan fingerprint density at radius 3 is 2.76 bits per heavy atom. The number of fused-ring (bicyclic) bond motifs is 1. The zero-order chi connectivity index (χ0) is 24.1. The van der Waals surface area contributed by atoms with Crippen LogP contribution in [0.5, 0.6) is 5.75 Å². The number of nitrogens with zero attached hydrogens (tertiary/aromatic N) is 1. The maximum atomic E-state index is 11.1. The molecule has 1 aromatic heterocycles. The standard InChI is InChI=1S/C29H34N2O3/c1-19-11-12-23(16-22(19)13-14-29(32)33)26-17-28(31-27-10-5-4-9-25(26)27)20(2)30-18-21-7-6-8-24(15-21)34-3/h6-8,11-12,15-17,20,30H,4-5,9-10,13-14,18H2,1-3H3,(H,32,33). The van der Waals surface area contributed by atoms with Gasteiger partial charge in [-0.1, -0.05) is 30.3 Å². The smallest absolute Gasteiger partial charge is 0.303 e. The first-order chi connectivity index (χ1) is 16.4. The Morgan fingerprint density at radius 1 is 1.15 bits per heavy atom. The van der Waals surface area contributed by atoms with Crippen molar-refractivity contribution >= 4 is 5.97 Å². The summed E-state index contributed by atoms with van der Waals surface area (Å²) in [5, 5.41) is 12.8. The van der Waals surface area contributed by atoms with Crippen molar-refractivity contribution in [3.8, 4) is 16.9 Å².